The smallest absolute Gasteiger partial charge is 0.158 e. The van der Waals surface area contributed by atoms with Gasteiger partial charge in [-0.3, -0.25) is 0 Å². The third kappa shape index (κ3) is 5.07. The summed E-state index contributed by atoms with van der Waals surface area (Å²) in [6, 6.07) is 8.58. The van der Waals surface area contributed by atoms with Crippen LogP contribution in [0.5, 0.6) is 5.75 Å². The van der Waals surface area contributed by atoms with Crippen LogP contribution >= 0.6 is 0 Å². The van der Waals surface area contributed by atoms with Gasteiger partial charge in [-0.2, -0.15) is 5.10 Å². The average molecular weight is 476 g/mol. The summed E-state index contributed by atoms with van der Waals surface area (Å²) in [6.45, 7) is 13.8. The standard InChI is InChI=1S/C28H37N5O2/c1-18(2)25-23-13-22(35-15-20-8-10-32(11-9-20)16-28(4,5)34)6-7-24(23)31-26(25)21-12-19(3)27-29-17-30-33(27)14-21/h6-7,12-14,17-18,20,31,34H,8-11,15-16H2,1-5H3. The number of rotatable bonds is 7. The Morgan fingerprint density at radius 1 is 1.20 bits per heavy atom. The quantitative estimate of drug-likeness (QED) is 0.385. The Hall–Kier alpha value is -2.90. The summed E-state index contributed by atoms with van der Waals surface area (Å²) in [7, 11) is 0. The van der Waals surface area contributed by atoms with Gasteiger partial charge in [0, 0.05) is 29.2 Å². The minimum absolute atomic E-state index is 0.348. The van der Waals surface area contributed by atoms with Crippen LogP contribution in [-0.2, 0) is 0 Å². The fourth-order valence-corrected chi connectivity index (χ4v) is 5.41. The largest absolute Gasteiger partial charge is 0.493 e. The highest BCUT2D eigenvalue weighted by molar-refractivity contribution is 5.92. The van der Waals surface area contributed by atoms with E-state index in [0.29, 0.717) is 11.8 Å². The van der Waals surface area contributed by atoms with Gasteiger partial charge in [0.05, 0.1) is 17.9 Å². The first-order valence-corrected chi connectivity index (χ1v) is 12.7. The SMILES string of the molecule is Cc1cc(-c2[nH]c3ccc(OCC4CCN(CC(C)(C)O)CC4)cc3c2C(C)C)cn2ncnc12. The molecule has 4 aromatic rings. The molecule has 5 rings (SSSR count). The molecule has 1 saturated heterocycles. The van der Waals surface area contributed by atoms with E-state index >= 15 is 0 Å². The van der Waals surface area contributed by atoms with Gasteiger partial charge < -0.3 is 19.7 Å². The van der Waals surface area contributed by atoms with Crippen molar-refractivity contribution in [2.45, 2.75) is 59.0 Å². The Morgan fingerprint density at radius 2 is 1.97 bits per heavy atom. The second-order valence-electron chi connectivity index (χ2n) is 11.1. The summed E-state index contributed by atoms with van der Waals surface area (Å²) < 4.78 is 8.15. The number of ether oxygens (including phenoxy) is 1. The number of pyridine rings is 1. The van der Waals surface area contributed by atoms with Crippen molar-refractivity contribution in [2.75, 3.05) is 26.2 Å². The fraction of sp³-hybridized carbons (Fsp3) is 0.500. The summed E-state index contributed by atoms with van der Waals surface area (Å²) >= 11 is 0. The lowest BCUT2D eigenvalue weighted by Gasteiger charge is -2.35. The second kappa shape index (κ2) is 9.28. The van der Waals surface area contributed by atoms with E-state index in [0.717, 1.165) is 72.8 Å². The number of aromatic amines is 1. The number of aromatic nitrogens is 4. The molecule has 2 N–H and O–H groups in total. The molecule has 0 bridgehead atoms. The Kier molecular flexibility index (Phi) is 6.32. The van der Waals surface area contributed by atoms with E-state index in [1.54, 1.807) is 6.33 Å². The molecule has 35 heavy (non-hydrogen) atoms. The van der Waals surface area contributed by atoms with Gasteiger partial charge in [-0.25, -0.2) is 9.50 Å². The molecule has 0 atom stereocenters. The van der Waals surface area contributed by atoms with Crippen molar-refractivity contribution >= 4 is 16.6 Å². The maximum Gasteiger partial charge on any atom is 0.158 e. The number of benzene rings is 1. The highest BCUT2D eigenvalue weighted by atomic mass is 16.5. The first kappa shape index (κ1) is 23.8. The molecule has 1 aromatic carbocycles. The molecule has 0 amide bonds. The van der Waals surface area contributed by atoms with E-state index in [4.69, 9.17) is 4.74 Å². The highest BCUT2D eigenvalue weighted by Crippen LogP contribution is 2.37. The van der Waals surface area contributed by atoms with Crippen LogP contribution in [0.25, 0.3) is 27.8 Å². The number of likely N-dealkylation sites (tertiary alicyclic amines) is 1. The number of H-pyrrole nitrogens is 1. The molecular formula is C28H37N5O2. The van der Waals surface area contributed by atoms with Crippen molar-refractivity contribution in [1.82, 2.24) is 24.5 Å². The third-order valence-electron chi connectivity index (χ3n) is 7.04. The van der Waals surface area contributed by atoms with Crippen LogP contribution < -0.4 is 4.74 Å². The number of β-amino-alcohol motifs (C(OH)–C–C–N with tert-alkyl or cyclic N) is 1. The zero-order valence-corrected chi connectivity index (χ0v) is 21.5. The lowest BCUT2D eigenvalue weighted by atomic mass is 9.96. The number of hydrogen-bond acceptors (Lipinski definition) is 5. The van der Waals surface area contributed by atoms with Crippen LogP contribution in [0.2, 0.25) is 0 Å². The van der Waals surface area contributed by atoms with Gasteiger partial charge >= 0.3 is 0 Å². The minimum Gasteiger partial charge on any atom is -0.493 e. The lowest BCUT2D eigenvalue weighted by molar-refractivity contribution is 0.0212. The van der Waals surface area contributed by atoms with Crippen molar-refractivity contribution in [3.05, 3.63) is 47.9 Å². The molecule has 7 nitrogen and oxygen atoms in total. The van der Waals surface area contributed by atoms with E-state index in [1.807, 2.05) is 24.6 Å². The highest BCUT2D eigenvalue weighted by Gasteiger charge is 2.24. The Bertz CT molecular complexity index is 1320. The molecule has 0 saturated carbocycles. The monoisotopic (exact) mass is 475 g/mol. The van der Waals surface area contributed by atoms with Gasteiger partial charge in [-0.15, -0.1) is 0 Å². The maximum atomic E-state index is 10.1. The topological polar surface area (TPSA) is 78.7 Å². The number of fused-ring (bicyclic) bond motifs is 2. The third-order valence-corrected chi connectivity index (χ3v) is 7.04. The summed E-state index contributed by atoms with van der Waals surface area (Å²) in [5.41, 5.74) is 6.01. The first-order valence-electron chi connectivity index (χ1n) is 12.7. The zero-order chi connectivity index (χ0) is 24.7. The molecule has 0 unspecified atom stereocenters. The van der Waals surface area contributed by atoms with Crippen molar-refractivity contribution in [2.24, 2.45) is 5.92 Å². The Morgan fingerprint density at radius 3 is 2.69 bits per heavy atom. The van der Waals surface area contributed by atoms with Crippen molar-refractivity contribution in [3.8, 4) is 17.0 Å². The van der Waals surface area contributed by atoms with E-state index in [1.165, 1.54) is 10.9 Å². The molecular weight excluding hydrogens is 438 g/mol. The summed E-state index contributed by atoms with van der Waals surface area (Å²) in [5, 5.41) is 15.7. The van der Waals surface area contributed by atoms with Crippen molar-refractivity contribution < 1.29 is 9.84 Å². The second-order valence-corrected chi connectivity index (χ2v) is 11.1. The average Bonchev–Trinajstić information content (AvgIpc) is 3.42. The van der Waals surface area contributed by atoms with Crippen LogP contribution in [0.4, 0.5) is 0 Å². The molecule has 0 aliphatic carbocycles. The van der Waals surface area contributed by atoms with Gasteiger partial charge in [0.25, 0.3) is 0 Å². The molecule has 1 aliphatic rings. The number of nitrogens with zero attached hydrogens (tertiary/aromatic N) is 4. The molecule has 0 radical (unpaired) electrons. The van der Waals surface area contributed by atoms with E-state index in [2.05, 4.69) is 65.0 Å². The van der Waals surface area contributed by atoms with Crippen LogP contribution in [0.15, 0.2) is 36.8 Å². The van der Waals surface area contributed by atoms with Gasteiger partial charge in [-0.05, 0) is 93.9 Å². The van der Waals surface area contributed by atoms with Crippen molar-refractivity contribution in [1.29, 1.82) is 0 Å². The zero-order valence-electron chi connectivity index (χ0n) is 21.5. The Labute approximate surface area is 207 Å². The molecule has 7 heteroatoms. The van der Waals surface area contributed by atoms with E-state index in [-0.39, 0.29) is 0 Å². The normalized spacial score (nSPS) is 16.1. The van der Waals surface area contributed by atoms with Gasteiger partial charge in [0.1, 0.15) is 12.1 Å². The van der Waals surface area contributed by atoms with Crippen LogP contribution in [0.3, 0.4) is 0 Å². The van der Waals surface area contributed by atoms with Crippen molar-refractivity contribution in [3.63, 3.8) is 0 Å². The number of hydrogen-bond donors (Lipinski definition) is 2. The number of aryl methyl sites for hydroxylation is 1. The number of nitrogens with one attached hydrogen (secondary N) is 1. The summed E-state index contributed by atoms with van der Waals surface area (Å²) in [5.74, 6) is 1.82. The molecule has 0 spiro atoms. The Balaban J connectivity index is 1.35. The van der Waals surface area contributed by atoms with Gasteiger partial charge in [-0.1, -0.05) is 13.8 Å². The maximum absolute atomic E-state index is 10.1. The number of aliphatic hydroxyl groups is 1. The molecule has 186 valence electrons. The first-order chi connectivity index (χ1) is 16.7. The lowest BCUT2D eigenvalue weighted by Crippen LogP contribution is -2.43. The number of piperidine rings is 1. The minimum atomic E-state index is -0.637. The van der Waals surface area contributed by atoms with Gasteiger partial charge in [0.2, 0.25) is 0 Å². The summed E-state index contributed by atoms with van der Waals surface area (Å²) in [6.07, 6.45) is 5.86. The van der Waals surface area contributed by atoms with Crippen LogP contribution in [-0.4, -0.2) is 61.4 Å². The predicted molar refractivity (Wildman–Crippen MR) is 140 cm³/mol. The summed E-state index contributed by atoms with van der Waals surface area (Å²) in [4.78, 5) is 10.4. The van der Waals surface area contributed by atoms with E-state index < -0.39 is 5.60 Å². The fourth-order valence-electron chi connectivity index (χ4n) is 5.41. The van der Waals surface area contributed by atoms with Gasteiger partial charge in [0.15, 0.2) is 5.65 Å². The predicted octanol–water partition coefficient (Wildman–Crippen LogP) is 5.17. The van der Waals surface area contributed by atoms with Crippen LogP contribution in [0.1, 0.15) is 57.6 Å². The molecule has 1 fully saturated rings. The van der Waals surface area contributed by atoms with Crippen LogP contribution in [0, 0.1) is 12.8 Å². The molecule has 4 heterocycles. The molecule has 3 aromatic heterocycles. The molecule has 1 aliphatic heterocycles. The van der Waals surface area contributed by atoms with E-state index in [9.17, 15) is 5.11 Å².